The molecule has 0 fully saturated rings. The van der Waals surface area contributed by atoms with Crippen molar-refractivity contribution in [2.24, 2.45) is 0 Å². The lowest BCUT2D eigenvalue weighted by Gasteiger charge is -1.94. The lowest BCUT2D eigenvalue weighted by molar-refractivity contribution is 0.352. The zero-order valence-corrected chi connectivity index (χ0v) is 6.65. The van der Waals surface area contributed by atoms with E-state index in [0.29, 0.717) is 17.6 Å². The number of nitrogens with zero attached hydrogens (tertiary/aromatic N) is 2. The fraction of sp³-hybridized carbons (Fsp3) is 0.200. The van der Waals surface area contributed by atoms with Gasteiger partial charge in [0.2, 0.25) is 5.15 Å². The van der Waals surface area contributed by atoms with Crippen LogP contribution >= 0.6 is 23.3 Å². The van der Waals surface area contributed by atoms with Gasteiger partial charge in [-0.2, -0.15) is 4.37 Å². The van der Waals surface area contributed by atoms with E-state index in [1.165, 1.54) is 0 Å². The Morgan fingerprint density at radius 2 is 2.50 bits per heavy atom. The van der Waals surface area contributed by atoms with Crippen LogP contribution in [0.2, 0.25) is 5.15 Å². The lowest BCUT2D eigenvalue weighted by atomic mass is 10.7. The van der Waals surface area contributed by atoms with Crippen molar-refractivity contribution in [1.82, 2.24) is 8.75 Å². The first-order chi connectivity index (χ1) is 4.84. The van der Waals surface area contributed by atoms with Crippen LogP contribution in [0.1, 0.15) is 0 Å². The third-order valence-corrected chi connectivity index (χ3v) is 1.62. The molecule has 0 N–H and O–H groups in total. The molecule has 1 aromatic rings. The SMILES string of the molecule is C=CCOc1nsnc1Cl. The van der Waals surface area contributed by atoms with E-state index in [4.69, 9.17) is 16.3 Å². The Balaban J connectivity index is 2.56. The molecule has 1 rings (SSSR count). The molecule has 0 atom stereocenters. The molecule has 0 unspecified atom stereocenters. The van der Waals surface area contributed by atoms with Crippen LogP contribution in [0.25, 0.3) is 0 Å². The van der Waals surface area contributed by atoms with Crippen LogP contribution < -0.4 is 4.74 Å². The molecule has 0 saturated carbocycles. The fourth-order valence-electron chi connectivity index (χ4n) is 0.394. The van der Waals surface area contributed by atoms with E-state index in [0.717, 1.165) is 11.7 Å². The molecule has 1 aromatic heterocycles. The molecule has 5 heteroatoms. The van der Waals surface area contributed by atoms with Crippen LogP contribution in [0, 0.1) is 0 Å². The van der Waals surface area contributed by atoms with Crippen LogP contribution in [0.3, 0.4) is 0 Å². The highest BCUT2D eigenvalue weighted by Crippen LogP contribution is 2.19. The van der Waals surface area contributed by atoms with Gasteiger partial charge in [-0.05, 0) is 0 Å². The van der Waals surface area contributed by atoms with Crippen molar-refractivity contribution in [3.05, 3.63) is 17.8 Å². The summed E-state index contributed by atoms with van der Waals surface area (Å²) in [6.45, 7) is 3.88. The highest BCUT2D eigenvalue weighted by atomic mass is 35.5. The topological polar surface area (TPSA) is 35.0 Å². The molecule has 54 valence electrons. The summed E-state index contributed by atoms with van der Waals surface area (Å²) in [5.74, 6) is 0.381. The number of hydrogen-bond acceptors (Lipinski definition) is 4. The standard InChI is InChI=1S/C5H5ClN2OS/c1-2-3-9-5-4(6)7-10-8-5/h2H,1,3H2. The van der Waals surface area contributed by atoms with Gasteiger partial charge in [0, 0.05) is 0 Å². The minimum atomic E-state index is 0.312. The second-order valence-electron chi connectivity index (χ2n) is 1.46. The Kier molecular flexibility index (Phi) is 2.65. The molecule has 1 heterocycles. The van der Waals surface area contributed by atoms with Crippen molar-refractivity contribution < 1.29 is 4.74 Å². The number of halogens is 1. The molecule has 0 aliphatic heterocycles. The summed E-state index contributed by atoms with van der Waals surface area (Å²) in [6.07, 6.45) is 1.62. The van der Waals surface area contributed by atoms with Crippen molar-refractivity contribution in [2.45, 2.75) is 0 Å². The maximum atomic E-state index is 5.55. The average Bonchev–Trinajstić information content (AvgIpc) is 2.31. The molecule has 0 bridgehead atoms. The number of ether oxygens (including phenoxy) is 1. The second-order valence-corrected chi connectivity index (χ2v) is 2.35. The smallest absolute Gasteiger partial charge is 0.265 e. The molecule has 0 amide bonds. The van der Waals surface area contributed by atoms with Gasteiger partial charge >= 0.3 is 0 Å². The highest BCUT2D eigenvalue weighted by Gasteiger charge is 2.03. The number of rotatable bonds is 3. The Bertz CT molecular complexity index is 225. The zero-order valence-electron chi connectivity index (χ0n) is 5.08. The third kappa shape index (κ3) is 1.68. The van der Waals surface area contributed by atoms with Crippen LogP contribution in [0.4, 0.5) is 0 Å². The Labute approximate surface area is 67.6 Å². The normalized spacial score (nSPS) is 9.30. The second kappa shape index (κ2) is 3.53. The summed E-state index contributed by atoms with van der Waals surface area (Å²) in [7, 11) is 0. The first-order valence-corrected chi connectivity index (χ1v) is 3.67. The van der Waals surface area contributed by atoms with E-state index in [-0.39, 0.29) is 0 Å². The summed E-state index contributed by atoms with van der Waals surface area (Å²) >= 11 is 6.58. The summed E-state index contributed by atoms with van der Waals surface area (Å²) in [6, 6.07) is 0. The monoisotopic (exact) mass is 176 g/mol. The number of hydrogen-bond donors (Lipinski definition) is 0. The van der Waals surface area contributed by atoms with Crippen molar-refractivity contribution in [3.63, 3.8) is 0 Å². The molecular formula is C5H5ClN2OS. The molecular weight excluding hydrogens is 172 g/mol. The summed E-state index contributed by atoms with van der Waals surface area (Å²) in [5.41, 5.74) is 0. The van der Waals surface area contributed by atoms with Gasteiger partial charge in [-0.3, -0.25) is 0 Å². The zero-order chi connectivity index (χ0) is 7.40. The first-order valence-electron chi connectivity index (χ1n) is 2.56. The molecule has 0 radical (unpaired) electrons. The van der Waals surface area contributed by atoms with Crippen LogP contribution in [0.5, 0.6) is 5.88 Å². The van der Waals surface area contributed by atoms with E-state index in [9.17, 15) is 0 Å². The van der Waals surface area contributed by atoms with Gasteiger partial charge in [0.05, 0.1) is 11.7 Å². The Morgan fingerprint density at radius 3 is 3.00 bits per heavy atom. The maximum absolute atomic E-state index is 5.55. The lowest BCUT2D eigenvalue weighted by Crippen LogP contribution is -1.92. The third-order valence-electron chi connectivity index (χ3n) is 0.759. The van der Waals surface area contributed by atoms with Gasteiger partial charge in [-0.15, -0.1) is 4.37 Å². The summed E-state index contributed by atoms with van der Waals surface area (Å²) in [5, 5.41) is 0.312. The number of aromatic nitrogens is 2. The van der Waals surface area contributed by atoms with Gasteiger partial charge in [-0.1, -0.05) is 24.3 Å². The first kappa shape index (κ1) is 7.50. The Hall–Kier alpha value is -0.610. The van der Waals surface area contributed by atoms with Gasteiger partial charge in [0.25, 0.3) is 5.88 Å². The van der Waals surface area contributed by atoms with Gasteiger partial charge < -0.3 is 4.74 Å². The van der Waals surface area contributed by atoms with Crippen LogP contribution in [-0.4, -0.2) is 15.4 Å². The van der Waals surface area contributed by atoms with Crippen molar-refractivity contribution in [2.75, 3.05) is 6.61 Å². The predicted octanol–water partition coefficient (Wildman–Crippen LogP) is 1.76. The highest BCUT2D eigenvalue weighted by molar-refractivity contribution is 6.99. The quantitative estimate of drug-likeness (QED) is 0.659. The molecule has 3 nitrogen and oxygen atoms in total. The average molecular weight is 177 g/mol. The summed E-state index contributed by atoms with van der Waals surface area (Å²) < 4.78 is 12.5. The largest absolute Gasteiger partial charge is 0.471 e. The van der Waals surface area contributed by atoms with Crippen molar-refractivity contribution >= 4 is 23.3 Å². The minimum Gasteiger partial charge on any atom is -0.471 e. The van der Waals surface area contributed by atoms with E-state index in [1.807, 2.05) is 0 Å². The molecule has 0 aromatic carbocycles. The molecule has 10 heavy (non-hydrogen) atoms. The van der Waals surface area contributed by atoms with E-state index >= 15 is 0 Å². The minimum absolute atomic E-state index is 0.312. The maximum Gasteiger partial charge on any atom is 0.265 e. The van der Waals surface area contributed by atoms with Crippen molar-refractivity contribution in [3.8, 4) is 5.88 Å². The summed E-state index contributed by atoms with van der Waals surface area (Å²) in [4.78, 5) is 0. The van der Waals surface area contributed by atoms with E-state index in [2.05, 4.69) is 15.3 Å². The Morgan fingerprint density at radius 1 is 1.70 bits per heavy atom. The van der Waals surface area contributed by atoms with Gasteiger partial charge in [-0.25, -0.2) is 0 Å². The molecule has 0 saturated heterocycles. The molecule has 0 aliphatic carbocycles. The fourth-order valence-corrected chi connectivity index (χ4v) is 1.04. The van der Waals surface area contributed by atoms with E-state index < -0.39 is 0 Å². The molecule has 0 spiro atoms. The van der Waals surface area contributed by atoms with Gasteiger partial charge in [0.15, 0.2) is 0 Å². The van der Waals surface area contributed by atoms with Crippen LogP contribution in [-0.2, 0) is 0 Å². The van der Waals surface area contributed by atoms with Gasteiger partial charge in [0.1, 0.15) is 6.61 Å². The molecule has 0 aliphatic rings. The van der Waals surface area contributed by atoms with E-state index in [1.54, 1.807) is 6.08 Å². The van der Waals surface area contributed by atoms with Crippen LogP contribution in [0.15, 0.2) is 12.7 Å². The predicted molar refractivity (Wildman–Crippen MR) is 40.6 cm³/mol. The van der Waals surface area contributed by atoms with Crippen molar-refractivity contribution in [1.29, 1.82) is 0 Å².